The Morgan fingerprint density at radius 2 is 1.73 bits per heavy atom. The van der Waals surface area contributed by atoms with Crippen molar-refractivity contribution < 1.29 is 14.9 Å². The molecule has 0 aromatic heterocycles. The molecule has 3 nitrogen and oxygen atoms in total. The van der Waals surface area contributed by atoms with E-state index in [1.54, 1.807) is 30.3 Å². The zero-order valence-corrected chi connectivity index (χ0v) is 6.19. The second-order valence-corrected chi connectivity index (χ2v) is 2.18. The highest BCUT2D eigenvalue weighted by Crippen LogP contribution is 2.16. The van der Waals surface area contributed by atoms with Crippen molar-refractivity contribution >= 4 is 0 Å². The SMILES string of the molecule is COC(O)(O)c1ccccc1. The molecule has 1 aromatic carbocycles. The van der Waals surface area contributed by atoms with E-state index in [2.05, 4.69) is 4.74 Å². The smallest absolute Gasteiger partial charge is 0.306 e. The normalized spacial score (nSPS) is 11.5. The van der Waals surface area contributed by atoms with Crippen LogP contribution in [-0.2, 0) is 10.7 Å². The first-order chi connectivity index (χ1) is 5.17. The third-order valence-corrected chi connectivity index (χ3v) is 1.43. The maximum absolute atomic E-state index is 9.13. The molecule has 0 bridgehead atoms. The van der Waals surface area contributed by atoms with Gasteiger partial charge in [0, 0.05) is 12.7 Å². The zero-order valence-electron chi connectivity index (χ0n) is 6.19. The highest BCUT2D eigenvalue weighted by molar-refractivity contribution is 5.17. The van der Waals surface area contributed by atoms with E-state index in [1.807, 2.05) is 0 Å². The fourth-order valence-corrected chi connectivity index (χ4v) is 0.773. The van der Waals surface area contributed by atoms with Crippen LogP contribution in [0.25, 0.3) is 0 Å². The lowest BCUT2D eigenvalue weighted by molar-refractivity contribution is -0.338. The molecular formula is C8H10O3. The molecule has 0 aliphatic carbocycles. The third kappa shape index (κ3) is 1.77. The van der Waals surface area contributed by atoms with E-state index < -0.39 is 5.97 Å². The second kappa shape index (κ2) is 3.00. The van der Waals surface area contributed by atoms with Crippen LogP contribution < -0.4 is 0 Å². The lowest BCUT2D eigenvalue weighted by Crippen LogP contribution is -2.26. The molecule has 3 heteroatoms. The molecule has 60 valence electrons. The van der Waals surface area contributed by atoms with Crippen molar-refractivity contribution in [2.24, 2.45) is 0 Å². The van der Waals surface area contributed by atoms with Crippen molar-refractivity contribution in [1.29, 1.82) is 0 Å². The number of hydrogen-bond donors (Lipinski definition) is 2. The lowest BCUT2D eigenvalue weighted by atomic mass is 10.2. The lowest BCUT2D eigenvalue weighted by Gasteiger charge is -2.18. The molecule has 0 aliphatic heterocycles. The largest absolute Gasteiger partial charge is 0.340 e. The molecule has 0 fully saturated rings. The minimum Gasteiger partial charge on any atom is -0.340 e. The van der Waals surface area contributed by atoms with Gasteiger partial charge in [0.1, 0.15) is 0 Å². The van der Waals surface area contributed by atoms with E-state index in [9.17, 15) is 0 Å². The van der Waals surface area contributed by atoms with Crippen LogP contribution in [0.5, 0.6) is 0 Å². The highest BCUT2D eigenvalue weighted by Gasteiger charge is 2.24. The van der Waals surface area contributed by atoms with Crippen LogP contribution >= 0.6 is 0 Å². The number of rotatable bonds is 2. The molecule has 0 heterocycles. The molecule has 0 saturated carbocycles. The number of hydrogen-bond acceptors (Lipinski definition) is 3. The summed E-state index contributed by atoms with van der Waals surface area (Å²) < 4.78 is 4.43. The molecule has 2 N–H and O–H groups in total. The Labute approximate surface area is 64.9 Å². The first-order valence-corrected chi connectivity index (χ1v) is 3.22. The van der Waals surface area contributed by atoms with E-state index in [0.29, 0.717) is 5.56 Å². The van der Waals surface area contributed by atoms with Crippen molar-refractivity contribution in [3.05, 3.63) is 35.9 Å². The first kappa shape index (κ1) is 8.20. The summed E-state index contributed by atoms with van der Waals surface area (Å²) in [6.45, 7) is 0. The van der Waals surface area contributed by atoms with Crippen LogP contribution in [-0.4, -0.2) is 17.3 Å². The van der Waals surface area contributed by atoms with Crippen molar-refractivity contribution in [2.45, 2.75) is 5.97 Å². The molecule has 0 spiro atoms. The zero-order chi connectivity index (χ0) is 8.32. The Bertz CT molecular complexity index is 218. The molecule has 0 unspecified atom stereocenters. The Kier molecular flexibility index (Phi) is 2.24. The highest BCUT2D eigenvalue weighted by atomic mass is 16.8. The van der Waals surface area contributed by atoms with E-state index in [1.165, 1.54) is 7.11 Å². The van der Waals surface area contributed by atoms with E-state index in [4.69, 9.17) is 10.2 Å². The van der Waals surface area contributed by atoms with Crippen LogP contribution in [0.2, 0.25) is 0 Å². The summed E-state index contributed by atoms with van der Waals surface area (Å²) >= 11 is 0. The van der Waals surface area contributed by atoms with Gasteiger partial charge < -0.3 is 14.9 Å². The van der Waals surface area contributed by atoms with Gasteiger partial charge in [-0.25, -0.2) is 0 Å². The average molecular weight is 154 g/mol. The summed E-state index contributed by atoms with van der Waals surface area (Å²) in [7, 11) is 1.23. The minimum absolute atomic E-state index is 0.322. The maximum Gasteiger partial charge on any atom is 0.306 e. The Balaban J connectivity index is 2.93. The molecule has 11 heavy (non-hydrogen) atoms. The van der Waals surface area contributed by atoms with Gasteiger partial charge in [0.15, 0.2) is 0 Å². The summed E-state index contributed by atoms with van der Waals surface area (Å²) in [5, 5.41) is 18.3. The van der Waals surface area contributed by atoms with Gasteiger partial charge in [-0.15, -0.1) is 0 Å². The van der Waals surface area contributed by atoms with Gasteiger partial charge in [0.05, 0.1) is 0 Å². The molecule has 0 radical (unpaired) electrons. The monoisotopic (exact) mass is 154 g/mol. The Morgan fingerprint density at radius 1 is 1.18 bits per heavy atom. The predicted octanol–water partition coefficient (Wildman–Crippen LogP) is 0.428. The molecule has 1 rings (SSSR count). The van der Waals surface area contributed by atoms with Crippen LogP contribution in [0.3, 0.4) is 0 Å². The van der Waals surface area contributed by atoms with Crippen LogP contribution in [0.4, 0.5) is 0 Å². The second-order valence-electron chi connectivity index (χ2n) is 2.18. The van der Waals surface area contributed by atoms with Crippen molar-refractivity contribution in [3.63, 3.8) is 0 Å². The van der Waals surface area contributed by atoms with Crippen molar-refractivity contribution in [1.82, 2.24) is 0 Å². The minimum atomic E-state index is -2.17. The van der Waals surface area contributed by atoms with Gasteiger partial charge in [0.25, 0.3) is 0 Å². The fourth-order valence-electron chi connectivity index (χ4n) is 0.773. The van der Waals surface area contributed by atoms with Crippen molar-refractivity contribution in [3.8, 4) is 0 Å². The maximum atomic E-state index is 9.13. The van der Waals surface area contributed by atoms with Gasteiger partial charge in [-0.1, -0.05) is 30.3 Å². The standard InChI is InChI=1S/C8H10O3/c1-11-8(9,10)7-5-3-2-4-6-7/h2-6,9-10H,1H3. The quantitative estimate of drug-likeness (QED) is 0.607. The first-order valence-electron chi connectivity index (χ1n) is 3.22. The predicted molar refractivity (Wildman–Crippen MR) is 39.6 cm³/mol. The number of aliphatic hydroxyl groups is 2. The summed E-state index contributed by atoms with van der Waals surface area (Å²) in [5.41, 5.74) is 0.322. The molecule has 1 aromatic rings. The molecule has 0 aliphatic rings. The van der Waals surface area contributed by atoms with E-state index in [0.717, 1.165) is 0 Å². The van der Waals surface area contributed by atoms with Gasteiger partial charge in [-0.05, 0) is 0 Å². The van der Waals surface area contributed by atoms with Gasteiger partial charge >= 0.3 is 5.97 Å². The molecule has 0 atom stereocenters. The number of ether oxygens (including phenoxy) is 1. The third-order valence-electron chi connectivity index (χ3n) is 1.43. The Hall–Kier alpha value is -0.900. The van der Waals surface area contributed by atoms with E-state index >= 15 is 0 Å². The van der Waals surface area contributed by atoms with Gasteiger partial charge in [-0.3, -0.25) is 0 Å². The summed E-state index contributed by atoms with van der Waals surface area (Å²) in [4.78, 5) is 0. The van der Waals surface area contributed by atoms with Gasteiger partial charge in [0.2, 0.25) is 0 Å². The number of methoxy groups -OCH3 is 1. The van der Waals surface area contributed by atoms with Gasteiger partial charge in [-0.2, -0.15) is 0 Å². The number of benzene rings is 1. The molecule has 0 amide bonds. The molecule has 0 saturated heterocycles. The van der Waals surface area contributed by atoms with Crippen LogP contribution in [0.1, 0.15) is 5.56 Å². The summed E-state index contributed by atoms with van der Waals surface area (Å²) in [6, 6.07) is 8.34. The fraction of sp³-hybridized carbons (Fsp3) is 0.250. The molecular weight excluding hydrogens is 144 g/mol. The summed E-state index contributed by atoms with van der Waals surface area (Å²) in [6.07, 6.45) is 0. The average Bonchev–Trinajstić information content (AvgIpc) is 2.06. The van der Waals surface area contributed by atoms with Crippen LogP contribution in [0.15, 0.2) is 30.3 Å². The summed E-state index contributed by atoms with van der Waals surface area (Å²) in [5.74, 6) is -2.17. The topological polar surface area (TPSA) is 49.7 Å². The van der Waals surface area contributed by atoms with E-state index in [-0.39, 0.29) is 0 Å². The van der Waals surface area contributed by atoms with Crippen molar-refractivity contribution in [2.75, 3.05) is 7.11 Å². The Morgan fingerprint density at radius 3 is 2.18 bits per heavy atom. The van der Waals surface area contributed by atoms with Crippen LogP contribution in [0, 0.1) is 0 Å².